The van der Waals surface area contributed by atoms with Crippen LogP contribution in [-0.2, 0) is 10.0 Å². The van der Waals surface area contributed by atoms with Crippen LogP contribution in [0.1, 0.15) is 12.8 Å². The summed E-state index contributed by atoms with van der Waals surface area (Å²) in [4.78, 5) is 0.242. The van der Waals surface area contributed by atoms with Crippen LogP contribution in [0.25, 0.3) is 0 Å². The molecule has 1 heterocycles. The molecule has 0 saturated carbocycles. The molecule has 0 bridgehead atoms. The van der Waals surface area contributed by atoms with Gasteiger partial charge in [0.15, 0.2) is 5.11 Å². The Morgan fingerprint density at radius 1 is 1.33 bits per heavy atom. The van der Waals surface area contributed by atoms with E-state index < -0.39 is 10.0 Å². The van der Waals surface area contributed by atoms with Crippen LogP contribution < -0.4 is 15.4 Å². The fraction of sp³-hybridized carbons (Fsp3) is 0.462. The molecule has 0 aliphatic carbocycles. The molecule has 0 aromatic heterocycles. The van der Waals surface area contributed by atoms with Crippen LogP contribution in [0.5, 0.6) is 5.75 Å². The molecule has 1 aromatic rings. The maximum Gasteiger partial charge on any atom is 0.243 e. The summed E-state index contributed by atoms with van der Waals surface area (Å²) in [5, 5.41) is 6.10. The zero-order chi connectivity index (χ0) is 15.5. The van der Waals surface area contributed by atoms with Gasteiger partial charge in [-0.2, -0.15) is 4.31 Å². The van der Waals surface area contributed by atoms with E-state index in [1.807, 2.05) is 0 Å². The number of benzene rings is 1. The Labute approximate surface area is 130 Å². The van der Waals surface area contributed by atoms with Crippen molar-refractivity contribution in [2.45, 2.75) is 17.7 Å². The van der Waals surface area contributed by atoms with Crippen LogP contribution in [0, 0.1) is 0 Å². The first-order valence-corrected chi connectivity index (χ1v) is 8.51. The molecule has 21 heavy (non-hydrogen) atoms. The number of ether oxygens (including phenoxy) is 1. The molecule has 6 nitrogen and oxygen atoms in total. The molecule has 8 heteroatoms. The van der Waals surface area contributed by atoms with Crippen molar-refractivity contribution in [3.63, 3.8) is 0 Å². The first kappa shape index (κ1) is 16.0. The van der Waals surface area contributed by atoms with Crippen molar-refractivity contribution >= 4 is 33.0 Å². The third kappa shape index (κ3) is 3.45. The summed E-state index contributed by atoms with van der Waals surface area (Å²) >= 11 is 5.05. The Morgan fingerprint density at radius 2 is 2.00 bits per heavy atom. The predicted molar refractivity (Wildman–Crippen MR) is 86.3 cm³/mol. The monoisotopic (exact) mass is 329 g/mol. The molecule has 2 N–H and O–H groups in total. The average Bonchev–Trinajstić information content (AvgIpc) is 3.02. The fourth-order valence-corrected chi connectivity index (χ4v) is 3.86. The summed E-state index contributed by atoms with van der Waals surface area (Å²) in [7, 11) is -0.242. The summed E-state index contributed by atoms with van der Waals surface area (Å²) in [6, 6.07) is 4.74. The van der Waals surface area contributed by atoms with E-state index in [2.05, 4.69) is 10.6 Å². The average molecular weight is 329 g/mol. The maximum atomic E-state index is 12.6. The molecule has 1 fully saturated rings. The highest BCUT2D eigenvalue weighted by atomic mass is 32.2. The van der Waals surface area contributed by atoms with Gasteiger partial charge >= 0.3 is 0 Å². The lowest BCUT2D eigenvalue weighted by Crippen LogP contribution is -2.28. The van der Waals surface area contributed by atoms with Gasteiger partial charge in [-0.3, -0.25) is 0 Å². The molecule has 1 aliphatic heterocycles. The van der Waals surface area contributed by atoms with Gasteiger partial charge in [0.1, 0.15) is 5.75 Å². The topological polar surface area (TPSA) is 70.7 Å². The van der Waals surface area contributed by atoms with Crippen molar-refractivity contribution in [1.82, 2.24) is 9.62 Å². The van der Waals surface area contributed by atoms with Crippen molar-refractivity contribution < 1.29 is 13.2 Å². The van der Waals surface area contributed by atoms with Crippen molar-refractivity contribution in [3.8, 4) is 5.75 Å². The number of nitrogens with zero attached hydrogens (tertiary/aromatic N) is 1. The highest BCUT2D eigenvalue weighted by molar-refractivity contribution is 7.89. The molecule has 0 amide bonds. The zero-order valence-electron chi connectivity index (χ0n) is 12.0. The Kier molecular flexibility index (Phi) is 5.02. The van der Waals surface area contributed by atoms with E-state index in [-0.39, 0.29) is 4.90 Å². The van der Waals surface area contributed by atoms with Crippen LogP contribution in [0.15, 0.2) is 23.1 Å². The van der Waals surface area contributed by atoms with Gasteiger partial charge in [-0.05, 0) is 43.3 Å². The van der Waals surface area contributed by atoms with E-state index in [1.165, 1.54) is 11.4 Å². The van der Waals surface area contributed by atoms with E-state index in [1.54, 1.807) is 25.2 Å². The molecule has 1 saturated heterocycles. The number of sulfonamides is 1. The molecule has 1 aromatic carbocycles. The minimum absolute atomic E-state index is 0.242. The summed E-state index contributed by atoms with van der Waals surface area (Å²) in [6.45, 7) is 1.15. The number of methoxy groups -OCH3 is 1. The smallest absolute Gasteiger partial charge is 0.243 e. The van der Waals surface area contributed by atoms with Gasteiger partial charge in [0, 0.05) is 20.1 Å². The van der Waals surface area contributed by atoms with Gasteiger partial charge in [0.25, 0.3) is 0 Å². The molecule has 2 rings (SSSR count). The van der Waals surface area contributed by atoms with E-state index in [0.717, 1.165) is 12.8 Å². The number of hydrogen-bond donors (Lipinski definition) is 2. The number of thiocarbonyl (C=S) groups is 1. The molecule has 0 radical (unpaired) electrons. The molecular formula is C13H19N3O3S2. The number of nitrogens with one attached hydrogen (secondary N) is 2. The lowest BCUT2D eigenvalue weighted by molar-refractivity contribution is 0.416. The van der Waals surface area contributed by atoms with E-state index in [9.17, 15) is 8.42 Å². The molecule has 116 valence electrons. The lowest BCUT2D eigenvalue weighted by Gasteiger charge is -2.18. The van der Waals surface area contributed by atoms with E-state index in [0.29, 0.717) is 29.6 Å². The van der Waals surface area contributed by atoms with Crippen molar-refractivity contribution in [3.05, 3.63) is 18.2 Å². The van der Waals surface area contributed by atoms with Crippen LogP contribution in [0.4, 0.5) is 5.69 Å². The van der Waals surface area contributed by atoms with Crippen LogP contribution >= 0.6 is 12.2 Å². The number of rotatable bonds is 4. The summed E-state index contributed by atoms with van der Waals surface area (Å²) in [6.07, 6.45) is 1.81. The zero-order valence-corrected chi connectivity index (χ0v) is 13.7. The Morgan fingerprint density at radius 3 is 2.57 bits per heavy atom. The molecule has 1 aliphatic rings. The van der Waals surface area contributed by atoms with Gasteiger partial charge in [-0.25, -0.2) is 8.42 Å². The van der Waals surface area contributed by atoms with E-state index >= 15 is 0 Å². The Hall–Kier alpha value is -1.38. The van der Waals surface area contributed by atoms with Crippen LogP contribution in [0.2, 0.25) is 0 Å². The minimum atomic E-state index is -3.45. The fourth-order valence-electron chi connectivity index (χ4n) is 2.21. The third-order valence-corrected chi connectivity index (χ3v) is 5.55. The quantitative estimate of drug-likeness (QED) is 0.814. The Balaban J connectivity index is 2.36. The van der Waals surface area contributed by atoms with E-state index in [4.69, 9.17) is 17.0 Å². The maximum absolute atomic E-state index is 12.6. The second-order valence-corrected chi connectivity index (χ2v) is 7.02. The summed E-state index contributed by atoms with van der Waals surface area (Å²) in [5.41, 5.74) is 0.525. The van der Waals surface area contributed by atoms with Gasteiger partial charge < -0.3 is 15.4 Å². The number of anilines is 1. The SMILES string of the molecule is CNC(=S)Nc1cc(S(=O)(=O)N2CCCC2)ccc1OC. The summed E-state index contributed by atoms with van der Waals surface area (Å²) < 4.78 is 31.8. The Bertz CT molecular complexity index is 626. The highest BCUT2D eigenvalue weighted by Crippen LogP contribution is 2.30. The highest BCUT2D eigenvalue weighted by Gasteiger charge is 2.27. The summed E-state index contributed by atoms with van der Waals surface area (Å²) in [5.74, 6) is 0.535. The second-order valence-electron chi connectivity index (χ2n) is 4.68. The minimum Gasteiger partial charge on any atom is -0.495 e. The van der Waals surface area contributed by atoms with Crippen molar-refractivity contribution in [2.75, 3.05) is 32.6 Å². The number of hydrogen-bond acceptors (Lipinski definition) is 4. The standard InChI is InChI=1S/C13H19N3O3S2/c1-14-13(20)15-11-9-10(5-6-12(11)19-2)21(17,18)16-7-3-4-8-16/h5-6,9H,3-4,7-8H2,1-2H3,(H2,14,15,20). The third-order valence-electron chi connectivity index (χ3n) is 3.35. The van der Waals surface area contributed by atoms with Gasteiger partial charge in [-0.15, -0.1) is 0 Å². The molecule has 0 spiro atoms. The van der Waals surface area contributed by atoms with Gasteiger partial charge in [0.05, 0.1) is 17.7 Å². The molecule has 0 atom stereocenters. The first-order chi connectivity index (χ1) is 9.98. The lowest BCUT2D eigenvalue weighted by atomic mass is 10.3. The normalized spacial score (nSPS) is 15.7. The van der Waals surface area contributed by atoms with Crippen LogP contribution in [-0.4, -0.2) is 45.1 Å². The first-order valence-electron chi connectivity index (χ1n) is 6.66. The second kappa shape index (κ2) is 6.59. The molecule has 0 unspecified atom stereocenters. The van der Waals surface area contributed by atoms with Crippen molar-refractivity contribution in [1.29, 1.82) is 0 Å². The molecular weight excluding hydrogens is 310 g/mol. The van der Waals surface area contributed by atoms with Crippen LogP contribution in [0.3, 0.4) is 0 Å². The van der Waals surface area contributed by atoms with Crippen molar-refractivity contribution in [2.24, 2.45) is 0 Å². The van der Waals surface area contributed by atoms with Gasteiger partial charge in [-0.1, -0.05) is 0 Å². The van der Waals surface area contributed by atoms with Gasteiger partial charge in [0.2, 0.25) is 10.0 Å². The largest absolute Gasteiger partial charge is 0.495 e. The predicted octanol–water partition coefficient (Wildman–Crippen LogP) is 1.40.